The Morgan fingerprint density at radius 1 is 0.769 bits per heavy atom. The third-order valence-corrected chi connectivity index (χ3v) is 4.71. The van der Waals surface area contributed by atoms with Gasteiger partial charge in [0.2, 0.25) is 0 Å². The highest BCUT2D eigenvalue weighted by molar-refractivity contribution is 5.07. The molecule has 0 rings (SSSR count). The van der Waals surface area contributed by atoms with Crippen LogP contribution in [0.3, 0.4) is 0 Å². The SMILES string of the molecule is CCCCC/C=C/C=C/C(CCO)C(/C=C/C(OC)OC)CCCCC. The number of hydrogen-bond acceptors (Lipinski definition) is 3. The smallest absolute Gasteiger partial charge is 0.176 e. The molecule has 1 N–H and O–H groups in total. The Bertz CT molecular complexity index is 370. The molecular formula is C23H42O3. The van der Waals surface area contributed by atoms with Crippen molar-refractivity contribution < 1.29 is 14.6 Å². The first-order chi connectivity index (χ1) is 12.7. The molecule has 0 aromatic rings. The molecule has 3 heteroatoms. The molecule has 0 bridgehead atoms. The number of aliphatic hydroxyl groups excluding tert-OH is 1. The topological polar surface area (TPSA) is 38.7 Å². The molecule has 0 spiro atoms. The second-order valence-electron chi connectivity index (χ2n) is 6.87. The van der Waals surface area contributed by atoms with Crippen LogP contribution in [-0.2, 0) is 9.47 Å². The van der Waals surface area contributed by atoms with Crippen LogP contribution in [0.1, 0.15) is 71.6 Å². The molecule has 2 unspecified atom stereocenters. The van der Waals surface area contributed by atoms with Gasteiger partial charge in [0.25, 0.3) is 0 Å². The summed E-state index contributed by atoms with van der Waals surface area (Å²) in [5.41, 5.74) is 0. The summed E-state index contributed by atoms with van der Waals surface area (Å²) in [4.78, 5) is 0. The lowest BCUT2D eigenvalue weighted by Gasteiger charge is -2.22. The first kappa shape index (κ1) is 25.1. The maximum Gasteiger partial charge on any atom is 0.176 e. The Labute approximate surface area is 162 Å². The number of unbranched alkanes of at least 4 members (excludes halogenated alkanes) is 5. The minimum Gasteiger partial charge on any atom is -0.396 e. The molecule has 0 saturated carbocycles. The molecule has 3 nitrogen and oxygen atoms in total. The largest absolute Gasteiger partial charge is 0.396 e. The standard InChI is InChI=1S/C23H42O3/c1-5-7-9-10-11-12-14-16-22(19-20-24)21(15-13-8-6-2)17-18-23(25-3)26-4/h11-12,14,16-18,21-24H,5-10,13,15,19-20H2,1-4H3/b12-11+,16-14+,18-17+. The fraction of sp³-hybridized carbons (Fsp3) is 0.739. The molecule has 0 radical (unpaired) electrons. The van der Waals surface area contributed by atoms with Crippen LogP contribution in [0.2, 0.25) is 0 Å². The van der Waals surface area contributed by atoms with Gasteiger partial charge < -0.3 is 14.6 Å². The van der Waals surface area contributed by atoms with E-state index < -0.39 is 0 Å². The summed E-state index contributed by atoms with van der Waals surface area (Å²) >= 11 is 0. The molecular weight excluding hydrogens is 324 g/mol. The van der Waals surface area contributed by atoms with Gasteiger partial charge in [0.05, 0.1) is 0 Å². The van der Waals surface area contributed by atoms with Crippen molar-refractivity contribution in [2.45, 2.75) is 77.9 Å². The van der Waals surface area contributed by atoms with E-state index in [1.54, 1.807) is 14.2 Å². The van der Waals surface area contributed by atoms with Crippen molar-refractivity contribution in [1.29, 1.82) is 0 Å². The molecule has 2 atom stereocenters. The van der Waals surface area contributed by atoms with Crippen molar-refractivity contribution in [2.24, 2.45) is 11.8 Å². The predicted molar refractivity (Wildman–Crippen MR) is 112 cm³/mol. The quantitative estimate of drug-likeness (QED) is 0.147. The molecule has 0 heterocycles. The molecule has 0 aliphatic carbocycles. The van der Waals surface area contributed by atoms with Gasteiger partial charge in [-0.25, -0.2) is 0 Å². The van der Waals surface area contributed by atoms with E-state index in [1.165, 1.54) is 38.5 Å². The van der Waals surface area contributed by atoms with Gasteiger partial charge in [-0.05, 0) is 43.6 Å². The third-order valence-electron chi connectivity index (χ3n) is 4.71. The van der Waals surface area contributed by atoms with Crippen molar-refractivity contribution in [3.05, 3.63) is 36.5 Å². The van der Waals surface area contributed by atoms with E-state index in [-0.39, 0.29) is 12.9 Å². The van der Waals surface area contributed by atoms with E-state index in [2.05, 4.69) is 44.2 Å². The second kappa shape index (κ2) is 18.9. The zero-order chi connectivity index (χ0) is 19.5. The van der Waals surface area contributed by atoms with E-state index in [0.29, 0.717) is 11.8 Å². The molecule has 0 aromatic carbocycles. The Balaban J connectivity index is 4.87. The van der Waals surface area contributed by atoms with Crippen LogP contribution in [0.15, 0.2) is 36.5 Å². The van der Waals surface area contributed by atoms with E-state index >= 15 is 0 Å². The number of aliphatic hydroxyl groups is 1. The summed E-state index contributed by atoms with van der Waals surface area (Å²) in [6, 6.07) is 0. The first-order valence-corrected chi connectivity index (χ1v) is 10.4. The Hall–Kier alpha value is -0.900. The number of allylic oxidation sites excluding steroid dienone is 5. The van der Waals surface area contributed by atoms with Crippen molar-refractivity contribution in [3.8, 4) is 0 Å². The van der Waals surface area contributed by atoms with Gasteiger partial charge in [-0.15, -0.1) is 0 Å². The Morgan fingerprint density at radius 2 is 1.42 bits per heavy atom. The highest BCUT2D eigenvalue weighted by Gasteiger charge is 2.16. The van der Waals surface area contributed by atoms with Crippen LogP contribution in [-0.4, -0.2) is 32.2 Å². The number of ether oxygens (including phenoxy) is 2. The number of hydrogen-bond donors (Lipinski definition) is 1. The fourth-order valence-corrected chi connectivity index (χ4v) is 3.07. The highest BCUT2D eigenvalue weighted by Crippen LogP contribution is 2.25. The average Bonchev–Trinajstić information content (AvgIpc) is 2.66. The first-order valence-electron chi connectivity index (χ1n) is 10.4. The minimum absolute atomic E-state index is 0.214. The summed E-state index contributed by atoms with van der Waals surface area (Å²) in [5.74, 6) is 0.731. The van der Waals surface area contributed by atoms with Crippen LogP contribution in [0.5, 0.6) is 0 Å². The van der Waals surface area contributed by atoms with Gasteiger partial charge >= 0.3 is 0 Å². The molecule has 0 amide bonds. The van der Waals surface area contributed by atoms with Gasteiger partial charge in [0, 0.05) is 20.8 Å². The predicted octanol–water partition coefficient (Wildman–Crippen LogP) is 6.05. The fourth-order valence-electron chi connectivity index (χ4n) is 3.07. The van der Waals surface area contributed by atoms with E-state index in [9.17, 15) is 5.11 Å². The van der Waals surface area contributed by atoms with Crippen LogP contribution < -0.4 is 0 Å². The highest BCUT2D eigenvalue weighted by atomic mass is 16.7. The lowest BCUT2D eigenvalue weighted by Crippen LogP contribution is -2.15. The third kappa shape index (κ3) is 13.3. The Kier molecular flexibility index (Phi) is 18.2. The molecule has 0 fully saturated rings. The summed E-state index contributed by atoms with van der Waals surface area (Å²) in [6.45, 7) is 4.67. The second-order valence-corrected chi connectivity index (χ2v) is 6.87. The zero-order valence-corrected chi connectivity index (χ0v) is 17.5. The normalized spacial score (nSPS) is 15.0. The van der Waals surface area contributed by atoms with Gasteiger partial charge in [-0.1, -0.05) is 76.3 Å². The van der Waals surface area contributed by atoms with Crippen LogP contribution in [0, 0.1) is 11.8 Å². The van der Waals surface area contributed by atoms with Gasteiger partial charge in [0.1, 0.15) is 0 Å². The van der Waals surface area contributed by atoms with Crippen LogP contribution >= 0.6 is 0 Å². The van der Waals surface area contributed by atoms with Crippen molar-refractivity contribution >= 4 is 0 Å². The zero-order valence-electron chi connectivity index (χ0n) is 17.5. The van der Waals surface area contributed by atoms with Crippen molar-refractivity contribution in [3.63, 3.8) is 0 Å². The van der Waals surface area contributed by atoms with E-state index in [4.69, 9.17) is 9.47 Å². The minimum atomic E-state index is -0.305. The van der Waals surface area contributed by atoms with Gasteiger partial charge in [-0.3, -0.25) is 0 Å². The van der Waals surface area contributed by atoms with Gasteiger partial charge in [0.15, 0.2) is 6.29 Å². The van der Waals surface area contributed by atoms with E-state index in [1.807, 2.05) is 6.08 Å². The van der Waals surface area contributed by atoms with E-state index in [0.717, 1.165) is 19.3 Å². The summed E-state index contributed by atoms with van der Waals surface area (Å²) < 4.78 is 10.5. The summed E-state index contributed by atoms with van der Waals surface area (Å²) in [5, 5.41) is 9.50. The maximum absolute atomic E-state index is 9.50. The monoisotopic (exact) mass is 366 g/mol. The lowest BCUT2D eigenvalue weighted by atomic mass is 9.84. The van der Waals surface area contributed by atoms with Crippen molar-refractivity contribution in [2.75, 3.05) is 20.8 Å². The van der Waals surface area contributed by atoms with Gasteiger partial charge in [-0.2, -0.15) is 0 Å². The lowest BCUT2D eigenvalue weighted by molar-refractivity contribution is -0.0669. The number of rotatable bonds is 17. The van der Waals surface area contributed by atoms with Crippen molar-refractivity contribution in [1.82, 2.24) is 0 Å². The molecule has 0 saturated heterocycles. The number of methoxy groups -OCH3 is 2. The molecule has 152 valence electrons. The Morgan fingerprint density at radius 3 is 2.04 bits per heavy atom. The van der Waals surface area contributed by atoms with Crippen LogP contribution in [0.4, 0.5) is 0 Å². The molecule has 0 aliphatic rings. The van der Waals surface area contributed by atoms with Crippen LogP contribution in [0.25, 0.3) is 0 Å². The average molecular weight is 367 g/mol. The maximum atomic E-state index is 9.50. The molecule has 0 aliphatic heterocycles. The molecule has 0 aromatic heterocycles. The summed E-state index contributed by atoms with van der Waals surface area (Å²) in [6.07, 6.45) is 23.2. The molecule has 26 heavy (non-hydrogen) atoms. The summed E-state index contributed by atoms with van der Waals surface area (Å²) in [7, 11) is 3.30.